The molecule has 4 nitrogen and oxygen atoms in total. The monoisotopic (exact) mass is 245 g/mol. The Morgan fingerprint density at radius 3 is 2.67 bits per heavy atom. The van der Waals surface area contributed by atoms with Crippen molar-refractivity contribution in [2.75, 3.05) is 17.7 Å². The zero-order chi connectivity index (χ0) is 13.0. The van der Waals surface area contributed by atoms with E-state index in [1.165, 1.54) is 6.42 Å². The summed E-state index contributed by atoms with van der Waals surface area (Å²) in [5.74, 6) is 0. The van der Waals surface area contributed by atoms with Crippen LogP contribution in [-0.2, 0) is 0 Å². The number of aliphatic hydroxyl groups is 1. The summed E-state index contributed by atoms with van der Waals surface area (Å²) < 4.78 is 0. The minimum absolute atomic E-state index is 0.124. The summed E-state index contributed by atoms with van der Waals surface area (Å²) in [4.78, 5) is 0. The lowest BCUT2D eigenvalue weighted by molar-refractivity contribution is 0.173. The first-order valence-electron chi connectivity index (χ1n) is 6.38. The van der Waals surface area contributed by atoms with Crippen molar-refractivity contribution in [1.29, 1.82) is 5.26 Å². The molecule has 0 amide bonds. The van der Waals surface area contributed by atoms with Crippen molar-refractivity contribution in [2.45, 2.75) is 37.6 Å². The zero-order valence-electron chi connectivity index (χ0n) is 10.4. The molecule has 0 spiro atoms. The lowest BCUT2D eigenvalue weighted by Gasteiger charge is -2.37. The van der Waals surface area contributed by atoms with E-state index in [1.54, 1.807) is 12.1 Å². The third-order valence-electron chi connectivity index (χ3n) is 3.70. The van der Waals surface area contributed by atoms with E-state index in [4.69, 9.17) is 11.0 Å². The quantitative estimate of drug-likeness (QED) is 0.713. The SMILES string of the molecule is N#Cc1cc(NC2(CO)CCCCC2)ccc1N. The van der Waals surface area contributed by atoms with Crippen LogP contribution in [0, 0.1) is 11.3 Å². The molecule has 1 aromatic carbocycles. The fraction of sp³-hybridized carbons (Fsp3) is 0.500. The van der Waals surface area contributed by atoms with Gasteiger partial charge in [-0.25, -0.2) is 0 Å². The summed E-state index contributed by atoms with van der Waals surface area (Å²) in [6, 6.07) is 7.42. The first kappa shape index (κ1) is 12.7. The first-order chi connectivity index (χ1) is 8.69. The van der Waals surface area contributed by atoms with Crippen molar-refractivity contribution in [3.8, 4) is 6.07 Å². The molecule has 1 saturated carbocycles. The number of nitrogen functional groups attached to an aromatic ring is 1. The Bertz CT molecular complexity index is 459. The Kier molecular flexibility index (Phi) is 3.73. The third kappa shape index (κ3) is 2.57. The first-order valence-corrected chi connectivity index (χ1v) is 6.38. The van der Waals surface area contributed by atoms with Gasteiger partial charge in [-0.15, -0.1) is 0 Å². The van der Waals surface area contributed by atoms with Crippen LogP contribution in [0.15, 0.2) is 18.2 Å². The highest BCUT2D eigenvalue weighted by Gasteiger charge is 2.31. The van der Waals surface area contributed by atoms with Crippen molar-refractivity contribution in [3.05, 3.63) is 23.8 Å². The Balaban J connectivity index is 2.19. The maximum absolute atomic E-state index is 9.63. The van der Waals surface area contributed by atoms with Crippen molar-refractivity contribution in [1.82, 2.24) is 0 Å². The number of nitrogens with two attached hydrogens (primary N) is 1. The predicted octanol–water partition coefficient (Wildman–Crippen LogP) is 2.25. The highest BCUT2D eigenvalue weighted by Crippen LogP contribution is 2.32. The van der Waals surface area contributed by atoms with Gasteiger partial charge in [-0.2, -0.15) is 5.26 Å². The van der Waals surface area contributed by atoms with Crippen LogP contribution in [0.1, 0.15) is 37.7 Å². The summed E-state index contributed by atoms with van der Waals surface area (Å²) in [6.45, 7) is 0.124. The largest absolute Gasteiger partial charge is 0.398 e. The highest BCUT2D eigenvalue weighted by molar-refractivity contribution is 5.62. The molecule has 0 aromatic heterocycles. The zero-order valence-corrected chi connectivity index (χ0v) is 10.4. The second kappa shape index (κ2) is 5.28. The summed E-state index contributed by atoms with van der Waals surface area (Å²) >= 11 is 0. The van der Waals surface area contributed by atoms with Gasteiger partial charge in [0.1, 0.15) is 6.07 Å². The number of hydrogen-bond acceptors (Lipinski definition) is 4. The molecule has 0 aliphatic heterocycles. The van der Waals surface area contributed by atoms with Crippen LogP contribution in [0.2, 0.25) is 0 Å². The molecular weight excluding hydrogens is 226 g/mol. The Labute approximate surface area is 107 Å². The van der Waals surface area contributed by atoms with E-state index >= 15 is 0 Å². The molecule has 1 aromatic rings. The number of aliphatic hydroxyl groups excluding tert-OH is 1. The summed E-state index contributed by atoms with van der Waals surface area (Å²) in [5.41, 5.74) is 7.29. The molecule has 4 heteroatoms. The van der Waals surface area contributed by atoms with Gasteiger partial charge in [-0.05, 0) is 31.0 Å². The topological polar surface area (TPSA) is 82.1 Å². The number of nitrogens with zero attached hydrogens (tertiary/aromatic N) is 1. The minimum Gasteiger partial charge on any atom is -0.398 e. The molecule has 2 rings (SSSR count). The molecule has 18 heavy (non-hydrogen) atoms. The molecule has 0 radical (unpaired) electrons. The second-order valence-corrected chi connectivity index (χ2v) is 5.04. The van der Waals surface area contributed by atoms with Gasteiger partial charge >= 0.3 is 0 Å². The molecule has 1 aliphatic rings. The van der Waals surface area contributed by atoms with Crippen LogP contribution < -0.4 is 11.1 Å². The van der Waals surface area contributed by atoms with Crippen molar-refractivity contribution in [3.63, 3.8) is 0 Å². The average molecular weight is 245 g/mol. The van der Waals surface area contributed by atoms with Crippen LogP contribution in [-0.4, -0.2) is 17.3 Å². The molecule has 0 saturated heterocycles. The van der Waals surface area contributed by atoms with Gasteiger partial charge in [0.2, 0.25) is 0 Å². The van der Waals surface area contributed by atoms with E-state index in [9.17, 15) is 5.11 Å². The number of nitriles is 1. The highest BCUT2D eigenvalue weighted by atomic mass is 16.3. The maximum atomic E-state index is 9.63. The fourth-order valence-electron chi connectivity index (χ4n) is 2.59. The van der Waals surface area contributed by atoms with Gasteiger partial charge in [-0.3, -0.25) is 0 Å². The molecule has 0 bridgehead atoms. The summed E-state index contributed by atoms with van der Waals surface area (Å²) in [5, 5.41) is 22.0. The third-order valence-corrected chi connectivity index (χ3v) is 3.70. The van der Waals surface area contributed by atoms with E-state index in [2.05, 4.69) is 11.4 Å². The van der Waals surface area contributed by atoms with Gasteiger partial charge in [0.15, 0.2) is 0 Å². The number of anilines is 2. The lowest BCUT2D eigenvalue weighted by Crippen LogP contribution is -2.43. The Morgan fingerprint density at radius 2 is 2.06 bits per heavy atom. The van der Waals surface area contributed by atoms with Crippen LogP contribution in [0.25, 0.3) is 0 Å². The van der Waals surface area contributed by atoms with E-state index in [0.29, 0.717) is 11.3 Å². The van der Waals surface area contributed by atoms with E-state index in [0.717, 1.165) is 31.4 Å². The lowest BCUT2D eigenvalue weighted by atomic mass is 9.82. The van der Waals surface area contributed by atoms with Crippen LogP contribution in [0.5, 0.6) is 0 Å². The maximum Gasteiger partial charge on any atom is 0.101 e. The molecular formula is C14H19N3O. The second-order valence-electron chi connectivity index (χ2n) is 5.04. The predicted molar refractivity (Wildman–Crippen MR) is 72.1 cm³/mol. The van der Waals surface area contributed by atoms with Gasteiger partial charge in [0, 0.05) is 11.4 Å². The summed E-state index contributed by atoms with van der Waals surface area (Å²) in [6.07, 6.45) is 5.43. The molecule has 1 fully saturated rings. The van der Waals surface area contributed by atoms with Crippen LogP contribution >= 0.6 is 0 Å². The number of benzene rings is 1. The Morgan fingerprint density at radius 1 is 1.33 bits per heavy atom. The van der Waals surface area contributed by atoms with Crippen molar-refractivity contribution >= 4 is 11.4 Å². The van der Waals surface area contributed by atoms with Gasteiger partial charge in [0.05, 0.1) is 17.7 Å². The van der Waals surface area contributed by atoms with Crippen molar-refractivity contribution in [2.24, 2.45) is 0 Å². The minimum atomic E-state index is -0.235. The number of nitrogens with one attached hydrogen (secondary N) is 1. The average Bonchev–Trinajstić information content (AvgIpc) is 2.42. The molecule has 1 aliphatic carbocycles. The molecule has 4 N–H and O–H groups in total. The molecule has 0 heterocycles. The summed E-state index contributed by atoms with van der Waals surface area (Å²) in [7, 11) is 0. The van der Waals surface area contributed by atoms with Gasteiger partial charge in [-0.1, -0.05) is 19.3 Å². The Hall–Kier alpha value is -1.73. The molecule has 0 unspecified atom stereocenters. The van der Waals surface area contributed by atoms with E-state index < -0.39 is 0 Å². The number of hydrogen-bond donors (Lipinski definition) is 3. The van der Waals surface area contributed by atoms with Gasteiger partial charge < -0.3 is 16.2 Å². The van der Waals surface area contributed by atoms with Crippen molar-refractivity contribution < 1.29 is 5.11 Å². The standard InChI is InChI=1S/C14H19N3O/c15-9-11-8-12(4-5-13(11)16)17-14(10-18)6-2-1-3-7-14/h4-5,8,17-18H,1-3,6-7,10,16H2. The van der Waals surface area contributed by atoms with E-state index in [1.807, 2.05) is 6.07 Å². The van der Waals surface area contributed by atoms with Gasteiger partial charge in [0.25, 0.3) is 0 Å². The molecule has 96 valence electrons. The molecule has 0 atom stereocenters. The smallest absolute Gasteiger partial charge is 0.101 e. The van der Waals surface area contributed by atoms with Crippen LogP contribution in [0.4, 0.5) is 11.4 Å². The van der Waals surface area contributed by atoms with Crippen LogP contribution in [0.3, 0.4) is 0 Å². The number of rotatable bonds is 3. The normalized spacial score (nSPS) is 18.0. The van der Waals surface area contributed by atoms with E-state index in [-0.39, 0.29) is 12.1 Å². The fourth-order valence-corrected chi connectivity index (χ4v) is 2.59.